The molecule has 0 fully saturated rings. The molecule has 30 heavy (non-hydrogen) atoms. The lowest BCUT2D eigenvalue weighted by Gasteiger charge is -2.24. The number of carbonyl (C=O) groups excluding carboxylic acids is 2. The Morgan fingerprint density at radius 3 is 2.13 bits per heavy atom. The highest BCUT2D eigenvalue weighted by molar-refractivity contribution is 7.47. The van der Waals surface area contributed by atoms with E-state index in [0.29, 0.717) is 17.4 Å². The fraction of sp³-hybridized carbons (Fsp3) is 0.900. The molecule has 0 aliphatic heterocycles. The molecular formula is C20H41NO8P+. The highest BCUT2D eigenvalue weighted by Crippen LogP contribution is 2.43. The van der Waals surface area contributed by atoms with Crippen LogP contribution in [-0.4, -0.2) is 74.9 Å². The van der Waals surface area contributed by atoms with Gasteiger partial charge < -0.3 is 18.9 Å². The standard InChI is InChI=1S/C20H40NO8P/c1-6-8-10-11-13-19(22)26-16-18(29-20(23)12-9-7-2)17-28-30(24,25)27-15-14-21(3,4)5/h18H,6-17H2,1-5H3/p+1/t18-/m0/s1. The Labute approximate surface area is 181 Å². The third-order valence-electron chi connectivity index (χ3n) is 4.14. The van der Waals surface area contributed by atoms with E-state index in [1.165, 1.54) is 0 Å². The molecular weight excluding hydrogens is 413 g/mol. The van der Waals surface area contributed by atoms with Gasteiger partial charge in [-0.3, -0.25) is 18.6 Å². The van der Waals surface area contributed by atoms with E-state index in [-0.39, 0.29) is 26.1 Å². The lowest BCUT2D eigenvalue weighted by Crippen LogP contribution is -2.37. The van der Waals surface area contributed by atoms with Gasteiger partial charge in [0.05, 0.1) is 27.7 Å². The molecule has 1 unspecified atom stereocenters. The van der Waals surface area contributed by atoms with Crippen LogP contribution in [0, 0.1) is 0 Å². The quantitative estimate of drug-likeness (QED) is 0.145. The van der Waals surface area contributed by atoms with Crippen LogP contribution in [0.4, 0.5) is 0 Å². The zero-order valence-electron chi connectivity index (χ0n) is 19.3. The first-order valence-electron chi connectivity index (χ1n) is 10.8. The van der Waals surface area contributed by atoms with Crippen LogP contribution in [0.25, 0.3) is 0 Å². The predicted octanol–water partition coefficient (Wildman–Crippen LogP) is 3.44. The van der Waals surface area contributed by atoms with Crippen molar-refractivity contribution in [1.29, 1.82) is 0 Å². The molecule has 10 heteroatoms. The SMILES string of the molecule is CCCCCCC(=O)OC[C@@H](COP(=O)(O)OCC[N+](C)(C)C)OC(=O)CCCC. The Hall–Kier alpha value is -0.990. The molecule has 1 N–H and O–H groups in total. The second kappa shape index (κ2) is 15.8. The number of nitrogens with zero attached hydrogens (tertiary/aromatic N) is 1. The summed E-state index contributed by atoms with van der Waals surface area (Å²) in [6, 6.07) is 0. The minimum absolute atomic E-state index is 0.0327. The molecule has 2 atom stereocenters. The third-order valence-corrected chi connectivity index (χ3v) is 5.12. The topological polar surface area (TPSA) is 108 Å². The maximum absolute atomic E-state index is 12.1. The Balaban J connectivity index is 4.59. The smallest absolute Gasteiger partial charge is 0.462 e. The maximum Gasteiger partial charge on any atom is 0.472 e. The van der Waals surface area contributed by atoms with Crippen molar-refractivity contribution in [1.82, 2.24) is 0 Å². The van der Waals surface area contributed by atoms with E-state index in [1.807, 2.05) is 28.1 Å². The first-order valence-corrected chi connectivity index (χ1v) is 12.3. The average Bonchev–Trinajstić information content (AvgIpc) is 2.64. The van der Waals surface area contributed by atoms with Gasteiger partial charge in [-0.05, 0) is 12.8 Å². The molecule has 0 spiro atoms. The number of likely N-dealkylation sites (N-methyl/N-ethyl adjacent to an activating group) is 1. The van der Waals surface area contributed by atoms with Gasteiger partial charge in [0.15, 0.2) is 6.10 Å². The molecule has 0 saturated heterocycles. The van der Waals surface area contributed by atoms with Crippen molar-refractivity contribution in [2.45, 2.75) is 71.3 Å². The molecule has 0 aromatic carbocycles. The molecule has 0 aliphatic carbocycles. The number of ether oxygens (including phenoxy) is 2. The van der Waals surface area contributed by atoms with E-state index in [4.69, 9.17) is 18.5 Å². The van der Waals surface area contributed by atoms with Crippen molar-refractivity contribution in [2.24, 2.45) is 0 Å². The van der Waals surface area contributed by atoms with E-state index in [0.717, 1.165) is 32.1 Å². The summed E-state index contributed by atoms with van der Waals surface area (Å²) in [5.74, 6) is -0.866. The largest absolute Gasteiger partial charge is 0.472 e. The molecule has 0 bridgehead atoms. The van der Waals surface area contributed by atoms with Gasteiger partial charge in [-0.2, -0.15) is 0 Å². The van der Waals surface area contributed by atoms with Crippen LogP contribution in [-0.2, 0) is 32.7 Å². The predicted molar refractivity (Wildman–Crippen MR) is 114 cm³/mol. The van der Waals surface area contributed by atoms with Gasteiger partial charge in [-0.15, -0.1) is 0 Å². The fourth-order valence-corrected chi connectivity index (χ4v) is 3.02. The minimum atomic E-state index is -4.31. The van der Waals surface area contributed by atoms with E-state index >= 15 is 0 Å². The summed E-state index contributed by atoms with van der Waals surface area (Å²) in [5.41, 5.74) is 0. The van der Waals surface area contributed by atoms with Crippen LogP contribution in [0.2, 0.25) is 0 Å². The lowest BCUT2D eigenvalue weighted by atomic mass is 10.2. The Bertz CT molecular complexity index is 535. The van der Waals surface area contributed by atoms with Gasteiger partial charge in [-0.25, -0.2) is 4.57 Å². The summed E-state index contributed by atoms with van der Waals surface area (Å²) in [6.45, 7) is 3.94. The van der Waals surface area contributed by atoms with Crippen LogP contribution in [0.3, 0.4) is 0 Å². The average molecular weight is 455 g/mol. The van der Waals surface area contributed by atoms with Gasteiger partial charge in [0.1, 0.15) is 19.8 Å². The Morgan fingerprint density at radius 2 is 1.53 bits per heavy atom. The fourth-order valence-electron chi connectivity index (χ4n) is 2.28. The molecule has 0 aliphatic rings. The molecule has 0 aromatic heterocycles. The van der Waals surface area contributed by atoms with Crippen molar-refractivity contribution >= 4 is 19.8 Å². The Kier molecular flexibility index (Phi) is 15.2. The molecule has 0 amide bonds. The molecule has 0 aromatic rings. The second-order valence-electron chi connectivity index (χ2n) is 8.32. The van der Waals surface area contributed by atoms with Gasteiger partial charge in [0, 0.05) is 12.8 Å². The van der Waals surface area contributed by atoms with E-state index in [9.17, 15) is 19.0 Å². The van der Waals surface area contributed by atoms with Gasteiger partial charge >= 0.3 is 19.8 Å². The van der Waals surface area contributed by atoms with Crippen LogP contribution in [0.1, 0.15) is 65.2 Å². The second-order valence-corrected chi connectivity index (χ2v) is 9.77. The van der Waals surface area contributed by atoms with Gasteiger partial charge in [-0.1, -0.05) is 39.5 Å². The zero-order chi connectivity index (χ0) is 23.0. The van der Waals surface area contributed by atoms with Crippen molar-refractivity contribution < 1.29 is 42.1 Å². The summed E-state index contributed by atoms with van der Waals surface area (Å²) in [7, 11) is 1.46. The summed E-state index contributed by atoms with van der Waals surface area (Å²) < 4.78 is 33.0. The zero-order valence-corrected chi connectivity index (χ0v) is 20.2. The molecule has 0 saturated carbocycles. The highest BCUT2D eigenvalue weighted by Gasteiger charge is 2.26. The van der Waals surface area contributed by atoms with E-state index < -0.39 is 32.5 Å². The number of rotatable bonds is 18. The highest BCUT2D eigenvalue weighted by atomic mass is 31.2. The van der Waals surface area contributed by atoms with Crippen LogP contribution in [0.5, 0.6) is 0 Å². The summed E-state index contributed by atoms with van der Waals surface area (Å²) >= 11 is 0. The number of hydrogen-bond acceptors (Lipinski definition) is 7. The van der Waals surface area contributed by atoms with Crippen molar-refractivity contribution in [2.75, 3.05) is 47.5 Å². The molecule has 0 heterocycles. The number of quaternary nitrogens is 1. The monoisotopic (exact) mass is 454 g/mol. The van der Waals surface area contributed by atoms with Crippen molar-refractivity contribution in [3.05, 3.63) is 0 Å². The van der Waals surface area contributed by atoms with E-state index in [2.05, 4.69) is 6.92 Å². The van der Waals surface area contributed by atoms with Crippen molar-refractivity contribution in [3.8, 4) is 0 Å². The van der Waals surface area contributed by atoms with Crippen molar-refractivity contribution in [3.63, 3.8) is 0 Å². The lowest BCUT2D eigenvalue weighted by molar-refractivity contribution is -0.870. The number of hydrogen-bond donors (Lipinski definition) is 1. The summed E-state index contributed by atoms with van der Waals surface area (Å²) in [4.78, 5) is 33.6. The molecule has 9 nitrogen and oxygen atoms in total. The minimum Gasteiger partial charge on any atom is -0.462 e. The molecule has 178 valence electrons. The van der Waals surface area contributed by atoms with Gasteiger partial charge in [0.2, 0.25) is 0 Å². The Morgan fingerprint density at radius 1 is 0.900 bits per heavy atom. The number of phosphoric acid groups is 1. The van der Waals surface area contributed by atoms with Crippen LogP contribution >= 0.6 is 7.82 Å². The third kappa shape index (κ3) is 17.8. The maximum atomic E-state index is 12.1. The first-order chi connectivity index (χ1) is 14.0. The normalized spacial score (nSPS) is 14.7. The van der Waals surface area contributed by atoms with Crippen LogP contribution in [0.15, 0.2) is 0 Å². The summed E-state index contributed by atoms with van der Waals surface area (Å²) in [6.07, 6.45) is 4.82. The molecule has 0 rings (SSSR count). The summed E-state index contributed by atoms with van der Waals surface area (Å²) in [5, 5.41) is 0. The number of unbranched alkanes of at least 4 members (excludes halogenated alkanes) is 4. The molecule has 0 radical (unpaired) electrons. The van der Waals surface area contributed by atoms with Gasteiger partial charge in [0.25, 0.3) is 0 Å². The first kappa shape index (κ1) is 29.0. The van der Waals surface area contributed by atoms with E-state index in [1.54, 1.807) is 0 Å². The number of esters is 2. The van der Waals surface area contributed by atoms with Crippen LogP contribution < -0.4 is 0 Å². The number of phosphoric ester groups is 1. The number of carbonyl (C=O) groups is 2.